The Balaban J connectivity index is 1.59. The van der Waals surface area contributed by atoms with Crippen LogP contribution in [0.1, 0.15) is 16.1 Å². The van der Waals surface area contributed by atoms with Crippen LogP contribution in [0.25, 0.3) is 0 Å². The molecular formula is C19H16ClN3O4S2. The van der Waals surface area contributed by atoms with E-state index in [0.29, 0.717) is 22.0 Å². The molecule has 0 aliphatic rings. The van der Waals surface area contributed by atoms with Crippen molar-refractivity contribution in [2.24, 2.45) is 0 Å². The Kier molecular flexibility index (Phi) is 6.65. The zero-order valence-electron chi connectivity index (χ0n) is 14.9. The number of halogens is 1. The van der Waals surface area contributed by atoms with E-state index in [1.807, 2.05) is 0 Å². The zero-order chi connectivity index (χ0) is 20.9. The van der Waals surface area contributed by atoms with Gasteiger partial charge in [0.1, 0.15) is 5.76 Å². The van der Waals surface area contributed by atoms with Gasteiger partial charge in [-0.15, -0.1) is 0 Å². The van der Waals surface area contributed by atoms with Gasteiger partial charge >= 0.3 is 0 Å². The van der Waals surface area contributed by atoms with E-state index in [4.69, 9.17) is 28.2 Å². The molecule has 29 heavy (non-hydrogen) atoms. The summed E-state index contributed by atoms with van der Waals surface area (Å²) >= 11 is 11.1. The van der Waals surface area contributed by atoms with Crippen molar-refractivity contribution >= 4 is 50.5 Å². The van der Waals surface area contributed by atoms with Gasteiger partial charge < -0.3 is 9.73 Å². The lowest BCUT2D eigenvalue weighted by atomic mass is 10.2. The maximum atomic E-state index is 12.3. The van der Waals surface area contributed by atoms with E-state index in [0.717, 1.165) is 0 Å². The molecule has 0 atom stereocenters. The average molecular weight is 450 g/mol. The first-order valence-corrected chi connectivity index (χ1v) is 10.6. The van der Waals surface area contributed by atoms with Crippen LogP contribution in [0.5, 0.6) is 0 Å². The predicted octanol–water partition coefficient (Wildman–Crippen LogP) is 3.54. The van der Waals surface area contributed by atoms with E-state index in [9.17, 15) is 13.2 Å². The van der Waals surface area contributed by atoms with E-state index in [1.165, 1.54) is 30.5 Å². The maximum absolute atomic E-state index is 12.3. The van der Waals surface area contributed by atoms with Crippen LogP contribution in [-0.2, 0) is 16.6 Å². The summed E-state index contributed by atoms with van der Waals surface area (Å²) < 4.78 is 32.2. The van der Waals surface area contributed by atoms with E-state index >= 15 is 0 Å². The molecule has 0 radical (unpaired) electrons. The summed E-state index contributed by atoms with van der Waals surface area (Å²) in [6, 6.07) is 15.9. The summed E-state index contributed by atoms with van der Waals surface area (Å²) in [5, 5.41) is 5.71. The number of amides is 1. The Morgan fingerprint density at radius 1 is 1.03 bits per heavy atom. The van der Waals surface area contributed by atoms with Gasteiger partial charge in [-0.25, -0.2) is 13.1 Å². The zero-order valence-corrected chi connectivity index (χ0v) is 17.3. The van der Waals surface area contributed by atoms with Gasteiger partial charge in [0, 0.05) is 5.69 Å². The lowest BCUT2D eigenvalue weighted by Gasteiger charge is -2.11. The average Bonchev–Trinajstić information content (AvgIpc) is 3.21. The summed E-state index contributed by atoms with van der Waals surface area (Å²) in [7, 11) is -3.70. The highest BCUT2D eigenvalue weighted by Gasteiger charge is 2.15. The molecule has 3 rings (SSSR count). The van der Waals surface area contributed by atoms with Crippen molar-refractivity contribution < 1.29 is 17.6 Å². The van der Waals surface area contributed by atoms with Crippen molar-refractivity contribution in [3.05, 3.63) is 83.3 Å². The topological polar surface area (TPSA) is 100 Å². The van der Waals surface area contributed by atoms with Crippen LogP contribution in [-0.4, -0.2) is 19.4 Å². The second-order valence-electron chi connectivity index (χ2n) is 5.82. The highest BCUT2D eigenvalue weighted by Crippen LogP contribution is 2.16. The standard InChI is InChI=1S/C19H16ClN3O4S2/c20-17-6-2-1-5-16(17)18(24)23-19(28)22-13-7-9-15(10-8-13)29(25,26)21-12-14-4-3-11-27-14/h1-11,21H,12H2,(H2,22,23,24,28). The Bertz CT molecular complexity index is 1110. The molecule has 3 N–H and O–H groups in total. The monoisotopic (exact) mass is 449 g/mol. The molecule has 0 aliphatic carbocycles. The summed E-state index contributed by atoms with van der Waals surface area (Å²) in [5.74, 6) is 0.0564. The first-order chi connectivity index (χ1) is 13.8. The summed E-state index contributed by atoms with van der Waals surface area (Å²) in [6.45, 7) is 0.0491. The minimum absolute atomic E-state index is 0.0491. The molecule has 0 spiro atoms. The number of carbonyl (C=O) groups is 1. The number of hydrogen-bond acceptors (Lipinski definition) is 5. The number of anilines is 1. The highest BCUT2D eigenvalue weighted by atomic mass is 35.5. The third kappa shape index (κ3) is 5.64. The molecular weight excluding hydrogens is 434 g/mol. The molecule has 1 amide bonds. The number of hydrogen-bond donors (Lipinski definition) is 3. The number of benzene rings is 2. The Hall–Kier alpha value is -2.72. The lowest BCUT2D eigenvalue weighted by Crippen LogP contribution is -2.34. The van der Waals surface area contributed by atoms with Crippen molar-refractivity contribution in [2.75, 3.05) is 5.32 Å². The molecule has 0 saturated heterocycles. The van der Waals surface area contributed by atoms with Crippen molar-refractivity contribution in [3.8, 4) is 0 Å². The number of nitrogens with one attached hydrogen (secondary N) is 3. The van der Waals surface area contributed by atoms with Crippen LogP contribution in [0.15, 0.2) is 76.2 Å². The molecule has 0 unspecified atom stereocenters. The van der Waals surface area contributed by atoms with E-state index < -0.39 is 15.9 Å². The quantitative estimate of drug-likeness (QED) is 0.498. The Labute approximate surface area is 178 Å². The Morgan fingerprint density at radius 2 is 1.76 bits per heavy atom. The van der Waals surface area contributed by atoms with Gasteiger partial charge in [0.25, 0.3) is 5.91 Å². The third-order valence-electron chi connectivity index (χ3n) is 3.78. The van der Waals surface area contributed by atoms with Crippen LogP contribution >= 0.6 is 23.8 Å². The van der Waals surface area contributed by atoms with E-state index in [-0.39, 0.29) is 16.6 Å². The van der Waals surface area contributed by atoms with Crippen LogP contribution in [0.3, 0.4) is 0 Å². The minimum Gasteiger partial charge on any atom is -0.468 e. The molecule has 0 bridgehead atoms. The number of sulfonamides is 1. The van der Waals surface area contributed by atoms with Crippen molar-refractivity contribution in [3.63, 3.8) is 0 Å². The van der Waals surface area contributed by atoms with Crippen LogP contribution < -0.4 is 15.4 Å². The van der Waals surface area contributed by atoms with Crippen molar-refractivity contribution in [1.29, 1.82) is 0 Å². The SMILES string of the molecule is O=C(NC(=S)Nc1ccc(S(=O)(=O)NCc2ccco2)cc1)c1ccccc1Cl. The highest BCUT2D eigenvalue weighted by molar-refractivity contribution is 7.89. The second kappa shape index (κ2) is 9.19. The van der Waals surface area contributed by atoms with Crippen LogP contribution in [0.2, 0.25) is 5.02 Å². The molecule has 3 aromatic rings. The molecule has 1 heterocycles. The van der Waals surface area contributed by atoms with Gasteiger partial charge in [0.2, 0.25) is 10.0 Å². The largest absolute Gasteiger partial charge is 0.468 e. The predicted molar refractivity (Wildman–Crippen MR) is 114 cm³/mol. The van der Waals surface area contributed by atoms with E-state index in [1.54, 1.807) is 36.4 Å². The van der Waals surface area contributed by atoms with Crippen LogP contribution in [0, 0.1) is 0 Å². The fourth-order valence-corrected chi connectivity index (χ4v) is 3.78. The second-order valence-corrected chi connectivity index (χ2v) is 8.40. The number of rotatable bonds is 6. The van der Waals surface area contributed by atoms with Gasteiger partial charge in [0.15, 0.2) is 5.11 Å². The summed E-state index contributed by atoms with van der Waals surface area (Å²) in [4.78, 5) is 12.3. The molecule has 0 fully saturated rings. The van der Waals surface area contributed by atoms with Crippen molar-refractivity contribution in [1.82, 2.24) is 10.0 Å². The maximum Gasteiger partial charge on any atom is 0.258 e. The van der Waals surface area contributed by atoms with Crippen LogP contribution in [0.4, 0.5) is 5.69 Å². The molecule has 10 heteroatoms. The molecule has 0 aliphatic heterocycles. The number of thiocarbonyl (C=S) groups is 1. The molecule has 7 nitrogen and oxygen atoms in total. The fourth-order valence-electron chi connectivity index (χ4n) is 2.36. The molecule has 2 aromatic carbocycles. The Morgan fingerprint density at radius 3 is 2.41 bits per heavy atom. The normalized spacial score (nSPS) is 11.1. The first kappa shape index (κ1) is 21.0. The number of carbonyl (C=O) groups excluding carboxylic acids is 1. The lowest BCUT2D eigenvalue weighted by molar-refractivity contribution is 0.0978. The number of furan rings is 1. The van der Waals surface area contributed by atoms with Gasteiger partial charge in [-0.05, 0) is 60.7 Å². The minimum atomic E-state index is -3.70. The fraction of sp³-hybridized carbons (Fsp3) is 0.0526. The van der Waals surface area contributed by atoms with Gasteiger partial charge in [0.05, 0.1) is 28.3 Å². The van der Waals surface area contributed by atoms with Gasteiger partial charge in [-0.3, -0.25) is 10.1 Å². The summed E-state index contributed by atoms with van der Waals surface area (Å²) in [6.07, 6.45) is 1.47. The smallest absolute Gasteiger partial charge is 0.258 e. The molecule has 150 valence electrons. The van der Waals surface area contributed by atoms with Gasteiger partial charge in [-0.2, -0.15) is 0 Å². The van der Waals surface area contributed by atoms with E-state index in [2.05, 4.69) is 15.4 Å². The first-order valence-electron chi connectivity index (χ1n) is 8.34. The summed E-state index contributed by atoms with van der Waals surface area (Å²) in [5.41, 5.74) is 0.807. The van der Waals surface area contributed by atoms with Crippen molar-refractivity contribution in [2.45, 2.75) is 11.4 Å². The van der Waals surface area contributed by atoms with Gasteiger partial charge in [-0.1, -0.05) is 23.7 Å². The third-order valence-corrected chi connectivity index (χ3v) is 5.74. The molecule has 0 saturated carbocycles. The molecule has 1 aromatic heterocycles.